The summed E-state index contributed by atoms with van der Waals surface area (Å²) in [6.07, 6.45) is 2.24. The molecule has 2 heterocycles. The van der Waals surface area contributed by atoms with E-state index in [-0.39, 0.29) is 30.1 Å². The lowest BCUT2D eigenvalue weighted by atomic mass is 10.0. The standard InChI is InChI=1S/C17H19FN2O4/c1-3-4-19-6-11-13(18)5-10-14-16(11)24-8-9(2)20(14)7-12(15(10)21)17(22)23/h5,7,9,19H,3-4,6,8H2,1-2H3,(H,22,23)/t9-/m0/s1. The van der Waals surface area contributed by atoms with Gasteiger partial charge in [-0.2, -0.15) is 0 Å². The summed E-state index contributed by atoms with van der Waals surface area (Å²) in [6, 6.07) is 0.967. The fraction of sp³-hybridized carbons (Fsp3) is 0.412. The van der Waals surface area contributed by atoms with Crippen LogP contribution in [-0.4, -0.2) is 28.8 Å². The normalized spacial score (nSPS) is 16.2. The first kappa shape index (κ1) is 16.4. The monoisotopic (exact) mass is 334 g/mol. The number of hydrogen-bond acceptors (Lipinski definition) is 4. The zero-order chi connectivity index (χ0) is 17.4. The Hall–Kier alpha value is -2.41. The number of nitrogens with one attached hydrogen (secondary N) is 1. The quantitative estimate of drug-likeness (QED) is 0.820. The highest BCUT2D eigenvalue weighted by molar-refractivity contribution is 5.95. The van der Waals surface area contributed by atoms with Crippen LogP contribution in [0.2, 0.25) is 0 Å². The van der Waals surface area contributed by atoms with Gasteiger partial charge in [0.25, 0.3) is 0 Å². The third-order valence-corrected chi connectivity index (χ3v) is 4.22. The van der Waals surface area contributed by atoms with Crippen molar-refractivity contribution >= 4 is 16.9 Å². The van der Waals surface area contributed by atoms with Crippen molar-refractivity contribution in [3.05, 3.63) is 39.4 Å². The number of carbonyl (C=O) groups is 1. The summed E-state index contributed by atoms with van der Waals surface area (Å²) in [4.78, 5) is 23.7. The van der Waals surface area contributed by atoms with E-state index in [0.29, 0.717) is 16.8 Å². The number of rotatable bonds is 5. The average molecular weight is 334 g/mol. The van der Waals surface area contributed by atoms with E-state index in [1.54, 1.807) is 4.57 Å². The van der Waals surface area contributed by atoms with Crippen LogP contribution in [0.25, 0.3) is 10.9 Å². The van der Waals surface area contributed by atoms with E-state index in [0.717, 1.165) is 19.0 Å². The van der Waals surface area contributed by atoms with Crippen LogP contribution in [0.3, 0.4) is 0 Å². The Bertz CT molecular complexity index is 875. The molecule has 6 nitrogen and oxygen atoms in total. The summed E-state index contributed by atoms with van der Waals surface area (Å²) < 4.78 is 22.0. The SMILES string of the molecule is CCCNCc1c(F)cc2c(=O)c(C(=O)O)cn3c2c1OC[C@@H]3C. The van der Waals surface area contributed by atoms with Crippen LogP contribution in [0, 0.1) is 5.82 Å². The molecule has 1 atom stereocenters. The van der Waals surface area contributed by atoms with E-state index in [2.05, 4.69) is 5.32 Å². The molecule has 0 spiro atoms. The van der Waals surface area contributed by atoms with Crippen LogP contribution >= 0.6 is 0 Å². The Morgan fingerprint density at radius 2 is 2.29 bits per heavy atom. The van der Waals surface area contributed by atoms with Crippen molar-refractivity contribution in [2.24, 2.45) is 0 Å². The molecule has 2 N–H and O–H groups in total. The lowest BCUT2D eigenvalue weighted by Crippen LogP contribution is -2.28. The third-order valence-electron chi connectivity index (χ3n) is 4.22. The Kier molecular flexibility index (Phi) is 4.28. The van der Waals surface area contributed by atoms with E-state index >= 15 is 0 Å². The van der Waals surface area contributed by atoms with Crippen molar-refractivity contribution in [1.29, 1.82) is 0 Å². The maximum Gasteiger partial charge on any atom is 0.341 e. The fourth-order valence-electron chi connectivity index (χ4n) is 2.99. The molecule has 24 heavy (non-hydrogen) atoms. The maximum absolute atomic E-state index is 14.5. The zero-order valence-electron chi connectivity index (χ0n) is 13.6. The van der Waals surface area contributed by atoms with Gasteiger partial charge in [-0.1, -0.05) is 6.92 Å². The van der Waals surface area contributed by atoms with E-state index in [1.807, 2.05) is 13.8 Å². The van der Waals surface area contributed by atoms with Crippen LogP contribution in [0.4, 0.5) is 4.39 Å². The summed E-state index contributed by atoms with van der Waals surface area (Å²) in [5.74, 6) is -1.57. The number of halogens is 1. The molecule has 0 fully saturated rings. The molecular weight excluding hydrogens is 315 g/mol. The first-order valence-corrected chi connectivity index (χ1v) is 7.92. The minimum absolute atomic E-state index is 0.0354. The second-order valence-electron chi connectivity index (χ2n) is 5.98. The summed E-state index contributed by atoms with van der Waals surface area (Å²) in [6.45, 7) is 5.18. The summed E-state index contributed by atoms with van der Waals surface area (Å²) in [5, 5.41) is 12.4. The molecule has 0 bridgehead atoms. The van der Waals surface area contributed by atoms with Crippen molar-refractivity contribution in [3.8, 4) is 5.75 Å². The maximum atomic E-state index is 14.5. The van der Waals surface area contributed by atoms with Crippen LogP contribution in [0.1, 0.15) is 42.2 Å². The predicted octanol–water partition coefficient (Wildman–Crippen LogP) is 2.29. The summed E-state index contributed by atoms with van der Waals surface area (Å²) in [5.41, 5.74) is -0.240. The van der Waals surface area contributed by atoms with E-state index in [1.165, 1.54) is 6.20 Å². The number of pyridine rings is 1. The van der Waals surface area contributed by atoms with E-state index in [9.17, 15) is 19.1 Å². The molecule has 0 unspecified atom stereocenters. The minimum Gasteiger partial charge on any atom is -0.489 e. The van der Waals surface area contributed by atoms with Gasteiger partial charge in [-0.05, 0) is 26.0 Å². The molecule has 2 aromatic rings. The molecule has 1 aliphatic heterocycles. The number of aromatic carboxylic acids is 1. The van der Waals surface area contributed by atoms with Crippen molar-refractivity contribution < 1.29 is 19.0 Å². The second-order valence-corrected chi connectivity index (χ2v) is 5.98. The van der Waals surface area contributed by atoms with Crippen LogP contribution in [-0.2, 0) is 6.54 Å². The molecule has 128 valence electrons. The third kappa shape index (κ3) is 2.54. The first-order chi connectivity index (χ1) is 11.5. The average Bonchev–Trinajstić information content (AvgIpc) is 2.54. The van der Waals surface area contributed by atoms with Crippen LogP contribution in [0.15, 0.2) is 17.1 Å². The van der Waals surface area contributed by atoms with Crippen molar-refractivity contribution in [2.75, 3.05) is 13.2 Å². The molecule has 1 aromatic carbocycles. The molecule has 0 amide bonds. The number of carboxylic acid groups (broad SMARTS) is 1. The van der Waals surface area contributed by atoms with Gasteiger partial charge in [0.15, 0.2) is 5.75 Å². The Morgan fingerprint density at radius 3 is 2.96 bits per heavy atom. The van der Waals surface area contributed by atoms with Gasteiger partial charge < -0.3 is 19.7 Å². The molecule has 1 aromatic heterocycles. The van der Waals surface area contributed by atoms with Crippen molar-refractivity contribution in [1.82, 2.24) is 9.88 Å². The second kappa shape index (κ2) is 6.24. The van der Waals surface area contributed by atoms with Gasteiger partial charge in [0, 0.05) is 18.3 Å². The van der Waals surface area contributed by atoms with Gasteiger partial charge in [-0.3, -0.25) is 4.79 Å². The highest BCUT2D eigenvalue weighted by Crippen LogP contribution is 2.36. The van der Waals surface area contributed by atoms with Gasteiger partial charge in [0.05, 0.1) is 16.9 Å². The number of benzene rings is 1. The lowest BCUT2D eigenvalue weighted by molar-refractivity contribution is 0.0694. The Balaban J connectivity index is 2.30. The molecule has 1 aliphatic rings. The molecule has 0 aliphatic carbocycles. The number of carboxylic acids is 1. The van der Waals surface area contributed by atoms with Gasteiger partial charge in [0.1, 0.15) is 18.0 Å². The summed E-state index contributed by atoms with van der Waals surface area (Å²) in [7, 11) is 0. The molecular formula is C17H19FN2O4. The fourth-order valence-corrected chi connectivity index (χ4v) is 2.99. The van der Waals surface area contributed by atoms with Gasteiger partial charge in [-0.25, -0.2) is 9.18 Å². The Labute approximate surface area is 137 Å². The predicted molar refractivity (Wildman–Crippen MR) is 87.3 cm³/mol. The van der Waals surface area contributed by atoms with E-state index in [4.69, 9.17) is 4.74 Å². The first-order valence-electron chi connectivity index (χ1n) is 7.92. The van der Waals surface area contributed by atoms with Crippen molar-refractivity contribution in [3.63, 3.8) is 0 Å². The number of hydrogen-bond donors (Lipinski definition) is 2. The molecule has 0 saturated carbocycles. The summed E-state index contributed by atoms with van der Waals surface area (Å²) >= 11 is 0. The molecule has 3 rings (SSSR count). The molecule has 0 saturated heterocycles. The van der Waals surface area contributed by atoms with Crippen LogP contribution < -0.4 is 15.5 Å². The van der Waals surface area contributed by atoms with Gasteiger partial charge in [0.2, 0.25) is 5.43 Å². The van der Waals surface area contributed by atoms with E-state index < -0.39 is 17.2 Å². The lowest BCUT2D eigenvalue weighted by Gasteiger charge is -2.28. The smallest absolute Gasteiger partial charge is 0.341 e. The largest absolute Gasteiger partial charge is 0.489 e. The number of aromatic nitrogens is 1. The number of nitrogens with zero attached hydrogens (tertiary/aromatic N) is 1. The molecule has 7 heteroatoms. The van der Waals surface area contributed by atoms with Gasteiger partial charge in [-0.15, -0.1) is 0 Å². The number of ether oxygens (including phenoxy) is 1. The zero-order valence-corrected chi connectivity index (χ0v) is 13.6. The minimum atomic E-state index is -1.32. The topological polar surface area (TPSA) is 80.6 Å². The molecule has 0 radical (unpaired) electrons. The highest BCUT2D eigenvalue weighted by Gasteiger charge is 2.27. The Morgan fingerprint density at radius 1 is 1.54 bits per heavy atom. The van der Waals surface area contributed by atoms with Gasteiger partial charge >= 0.3 is 5.97 Å². The van der Waals surface area contributed by atoms with Crippen molar-refractivity contribution in [2.45, 2.75) is 32.9 Å². The highest BCUT2D eigenvalue weighted by atomic mass is 19.1. The van der Waals surface area contributed by atoms with Crippen LogP contribution in [0.5, 0.6) is 5.75 Å².